The number of hydrogen-bond acceptors (Lipinski definition) is 5. The summed E-state index contributed by atoms with van der Waals surface area (Å²) in [5.41, 5.74) is 1.86. The van der Waals surface area contributed by atoms with Crippen molar-refractivity contribution >= 4 is 29.3 Å². The maximum atomic E-state index is 12.4. The van der Waals surface area contributed by atoms with Gasteiger partial charge in [-0.25, -0.2) is 4.68 Å². The third kappa shape index (κ3) is 5.61. The van der Waals surface area contributed by atoms with Crippen molar-refractivity contribution in [3.05, 3.63) is 66.7 Å². The summed E-state index contributed by atoms with van der Waals surface area (Å²) in [5.74, 6) is -4.02. The summed E-state index contributed by atoms with van der Waals surface area (Å²) in [4.78, 5) is 30.2. The molecule has 1 aromatic carbocycles. The molecule has 2 amide bonds. The first-order valence-corrected chi connectivity index (χ1v) is 9.35. The van der Waals surface area contributed by atoms with Crippen LogP contribution in [0.3, 0.4) is 0 Å². The van der Waals surface area contributed by atoms with E-state index >= 15 is 0 Å². The molecule has 0 aliphatic rings. The Kier molecular flexibility index (Phi) is 6.55. The number of nitrogens with zero attached hydrogens (tertiary/aromatic N) is 4. The van der Waals surface area contributed by atoms with Crippen LogP contribution in [0.5, 0.6) is 0 Å². The Morgan fingerprint density at radius 1 is 1.17 bits per heavy atom. The number of carbonyl (C=O) groups is 2. The van der Waals surface area contributed by atoms with E-state index in [-0.39, 0.29) is 6.54 Å². The average Bonchev–Trinajstić information content (AvgIpc) is 3.17. The molecule has 29 heavy (non-hydrogen) atoms. The molecule has 7 nitrogen and oxygen atoms in total. The first-order valence-electron chi connectivity index (χ1n) is 8.47. The normalized spacial score (nSPS) is 10.8. The maximum absolute atomic E-state index is 12.4. The summed E-state index contributed by atoms with van der Waals surface area (Å²) in [6, 6.07) is 9.90. The van der Waals surface area contributed by atoms with Crippen LogP contribution in [0.2, 0.25) is 0 Å². The Hall–Kier alpha value is -3.27. The number of hydrogen-bond donors (Lipinski definition) is 1. The molecular formula is C19H17F2N5O2S. The lowest BCUT2D eigenvalue weighted by atomic mass is 10.2. The zero-order chi connectivity index (χ0) is 20.8. The van der Waals surface area contributed by atoms with Crippen molar-refractivity contribution in [1.82, 2.24) is 19.7 Å². The van der Waals surface area contributed by atoms with Gasteiger partial charge in [0.1, 0.15) is 0 Å². The topological polar surface area (TPSA) is 80.1 Å². The molecule has 10 heteroatoms. The van der Waals surface area contributed by atoms with Crippen LogP contribution in [0, 0.1) is 0 Å². The smallest absolute Gasteiger partial charge is 0.313 e. The number of carbonyl (C=O) groups excluding carboxylic acids is 2. The number of amides is 2. The fraction of sp³-hybridized carbons (Fsp3) is 0.158. The van der Waals surface area contributed by atoms with E-state index in [4.69, 9.17) is 0 Å². The highest BCUT2D eigenvalue weighted by Crippen LogP contribution is 2.25. The predicted octanol–water partition coefficient (Wildman–Crippen LogP) is 3.18. The minimum atomic E-state index is -2.49. The predicted molar refractivity (Wildman–Crippen MR) is 105 cm³/mol. The molecule has 3 aromatic rings. The lowest BCUT2D eigenvalue weighted by Gasteiger charge is -2.16. The number of rotatable bonds is 6. The third-order valence-electron chi connectivity index (χ3n) is 3.88. The van der Waals surface area contributed by atoms with Crippen LogP contribution in [0.15, 0.2) is 66.1 Å². The first kappa shape index (κ1) is 20.5. The second-order valence-corrected chi connectivity index (χ2v) is 7.08. The highest BCUT2D eigenvalue weighted by Gasteiger charge is 2.19. The summed E-state index contributed by atoms with van der Waals surface area (Å²) >= 11 is 0.449. The van der Waals surface area contributed by atoms with Gasteiger partial charge < -0.3 is 10.2 Å². The molecule has 0 aliphatic heterocycles. The SMILES string of the molecule is CN(Cc1ccc(SC(F)F)cc1)C(=O)C(=O)Nc1cnn(-c2ccncc2)c1. The molecule has 3 rings (SSSR count). The zero-order valence-electron chi connectivity index (χ0n) is 15.3. The Bertz CT molecular complexity index is 980. The quantitative estimate of drug-likeness (QED) is 0.492. The van der Waals surface area contributed by atoms with Crippen molar-refractivity contribution in [2.45, 2.75) is 17.2 Å². The van der Waals surface area contributed by atoms with Crippen LogP contribution in [0.1, 0.15) is 5.56 Å². The molecule has 2 aromatic heterocycles. The number of nitrogens with one attached hydrogen (secondary N) is 1. The van der Waals surface area contributed by atoms with Crippen LogP contribution < -0.4 is 5.32 Å². The molecule has 0 atom stereocenters. The Morgan fingerprint density at radius 3 is 2.52 bits per heavy atom. The highest BCUT2D eigenvalue weighted by molar-refractivity contribution is 7.99. The van der Waals surface area contributed by atoms with Crippen molar-refractivity contribution in [2.75, 3.05) is 12.4 Å². The number of halogens is 2. The van der Waals surface area contributed by atoms with Crippen molar-refractivity contribution in [3.8, 4) is 5.69 Å². The number of benzene rings is 1. The molecule has 0 unspecified atom stereocenters. The van der Waals surface area contributed by atoms with Gasteiger partial charge in [-0.1, -0.05) is 23.9 Å². The van der Waals surface area contributed by atoms with Gasteiger partial charge in [-0.05, 0) is 29.8 Å². The lowest BCUT2D eigenvalue weighted by Crippen LogP contribution is -2.36. The van der Waals surface area contributed by atoms with Gasteiger partial charge in [0, 0.05) is 30.9 Å². The summed E-state index contributed by atoms with van der Waals surface area (Å²) in [5, 5.41) is 6.65. The van der Waals surface area contributed by atoms with E-state index in [1.165, 1.54) is 18.1 Å². The van der Waals surface area contributed by atoms with E-state index in [2.05, 4.69) is 15.4 Å². The second kappa shape index (κ2) is 9.28. The number of alkyl halides is 2. The van der Waals surface area contributed by atoms with Crippen molar-refractivity contribution in [3.63, 3.8) is 0 Å². The van der Waals surface area contributed by atoms with E-state index < -0.39 is 17.6 Å². The van der Waals surface area contributed by atoms with Gasteiger partial charge in [0.15, 0.2) is 0 Å². The van der Waals surface area contributed by atoms with Crippen LogP contribution in [0.4, 0.5) is 14.5 Å². The van der Waals surface area contributed by atoms with E-state index in [1.807, 2.05) is 0 Å². The minimum Gasteiger partial charge on any atom is -0.333 e. The lowest BCUT2D eigenvalue weighted by molar-refractivity contribution is -0.142. The van der Waals surface area contributed by atoms with Crippen LogP contribution >= 0.6 is 11.8 Å². The Labute approximate surface area is 169 Å². The number of pyridine rings is 1. The minimum absolute atomic E-state index is 0.169. The standard InChI is InChI=1S/C19H17F2N5O2S/c1-25(11-13-2-4-16(5-3-13)29-19(20)21)18(28)17(27)24-14-10-23-26(12-14)15-6-8-22-9-7-15/h2-10,12,19H,11H2,1H3,(H,24,27). The van der Waals surface area contributed by atoms with E-state index in [9.17, 15) is 18.4 Å². The van der Waals surface area contributed by atoms with E-state index in [0.717, 1.165) is 11.3 Å². The number of aromatic nitrogens is 3. The van der Waals surface area contributed by atoms with Crippen LogP contribution in [-0.4, -0.2) is 44.3 Å². The highest BCUT2D eigenvalue weighted by atomic mass is 32.2. The van der Waals surface area contributed by atoms with Crippen LogP contribution in [0.25, 0.3) is 5.69 Å². The molecule has 0 radical (unpaired) electrons. The van der Waals surface area contributed by atoms with Gasteiger partial charge in [-0.3, -0.25) is 14.6 Å². The number of thioether (sulfide) groups is 1. The van der Waals surface area contributed by atoms with Gasteiger partial charge in [0.05, 0.1) is 23.8 Å². The van der Waals surface area contributed by atoms with Crippen LogP contribution in [-0.2, 0) is 16.1 Å². The molecule has 0 saturated carbocycles. The van der Waals surface area contributed by atoms with Crippen molar-refractivity contribution in [2.24, 2.45) is 0 Å². The zero-order valence-corrected chi connectivity index (χ0v) is 16.1. The first-order chi connectivity index (χ1) is 13.9. The second-order valence-electron chi connectivity index (χ2n) is 6.02. The van der Waals surface area contributed by atoms with Crippen molar-refractivity contribution < 1.29 is 18.4 Å². The average molecular weight is 417 g/mol. The third-order valence-corrected chi connectivity index (χ3v) is 4.60. The maximum Gasteiger partial charge on any atom is 0.313 e. The molecule has 1 N–H and O–H groups in total. The van der Waals surface area contributed by atoms with Crippen molar-refractivity contribution in [1.29, 1.82) is 0 Å². The Morgan fingerprint density at radius 2 is 1.86 bits per heavy atom. The largest absolute Gasteiger partial charge is 0.333 e. The Balaban J connectivity index is 1.57. The van der Waals surface area contributed by atoms with Gasteiger partial charge in [0.2, 0.25) is 0 Å². The van der Waals surface area contributed by atoms with Gasteiger partial charge >= 0.3 is 11.8 Å². The molecule has 0 saturated heterocycles. The summed E-state index contributed by atoms with van der Waals surface area (Å²) in [6.07, 6.45) is 6.25. The molecule has 0 spiro atoms. The molecule has 150 valence electrons. The molecule has 2 heterocycles. The van der Waals surface area contributed by atoms with Gasteiger partial charge in [0.25, 0.3) is 5.76 Å². The summed E-state index contributed by atoms with van der Waals surface area (Å²) < 4.78 is 26.3. The summed E-state index contributed by atoms with van der Waals surface area (Å²) in [7, 11) is 1.49. The monoisotopic (exact) mass is 417 g/mol. The molecule has 0 aliphatic carbocycles. The van der Waals surface area contributed by atoms with Gasteiger partial charge in [-0.2, -0.15) is 13.9 Å². The molecule has 0 fully saturated rings. The summed E-state index contributed by atoms with van der Waals surface area (Å²) in [6.45, 7) is 0.169. The van der Waals surface area contributed by atoms with E-state index in [0.29, 0.717) is 22.3 Å². The number of likely N-dealkylation sites (N-methyl/N-ethyl adjacent to an activating group) is 1. The number of anilines is 1. The molecular weight excluding hydrogens is 400 g/mol. The fourth-order valence-electron chi connectivity index (χ4n) is 2.51. The van der Waals surface area contributed by atoms with Gasteiger partial charge in [-0.15, -0.1) is 0 Å². The van der Waals surface area contributed by atoms with E-state index in [1.54, 1.807) is 59.7 Å². The fourth-order valence-corrected chi connectivity index (χ4v) is 3.00. The molecule has 0 bridgehead atoms.